The van der Waals surface area contributed by atoms with Crippen LogP contribution in [0.25, 0.3) is 0 Å². The van der Waals surface area contributed by atoms with E-state index in [-0.39, 0.29) is 25.5 Å². The van der Waals surface area contributed by atoms with Gasteiger partial charge in [0.15, 0.2) is 0 Å². The third-order valence-corrected chi connectivity index (χ3v) is 4.34. The molecule has 0 bridgehead atoms. The van der Waals surface area contributed by atoms with Crippen LogP contribution in [0, 0.1) is 0 Å². The average Bonchev–Trinajstić information content (AvgIpc) is 2.99. The summed E-state index contributed by atoms with van der Waals surface area (Å²) < 4.78 is 39.6. The summed E-state index contributed by atoms with van der Waals surface area (Å²) in [6.45, 7) is 1.00. The van der Waals surface area contributed by atoms with Crippen LogP contribution in [0.2, 0.25) is 0 Å². The molecule has 1 aliphatic rings. The predicted molar refractivity (Wildman–Crippen MR) is 84.4 cm³/mol. The van der Waals surface area contributed by atoms with E-state index in [2.05, 4.69) is 10.2 Å². The number of aromatic nitrogens is 3. The van der Waals surface area contributed by atoms with Crippen molar-refractivity contribution in [1.29, 1.82) is 0 Å². The van der Waals surface area contributed by atoms with Crippen LogP contribution in [0.15, 0.2) is 30.3 Å². The number of hydrogen-bond acceptors (Lipinski definition) is 5. The van der Waals surface area contributed by atoms with Crippen LogP contribution in [0.4, 0.5) is 13.2 Å². The van der Waals surface area contributed by atoms with E-state index in [0.717, 1.165) is 10.1 Å². The molecule has 1 aliphatic heterocycles. The summed E-state index contributed by atoms with van der Waals surface area (Å²) in [5.74, 6) is -0.717. The monoisotopic (exact) mass is 355 g/mol. The third kappa shape index (κ3) is 4.17. The number of β-amino-alcohol motifs (C(OH)–C–C–N with tert-alkyl or cyclic N) is 1. The largest absolute Gasteiger partial charge is 0.451 e. The smallest absolute Gasteiger partial charge is 0.390 e. The topological polar surface area (TPSA) is 80.2 Å². The fourth-order valence-electron chi connectivity index (χ4n) is 3.00. The van der Waals surface area contributed by atoms with Crippen molar-refractivity contribution in [2.24, 2.45) is 5.73 Å². The van der Waals surface area contributed by atoms with E-state index < -0.39 is 24.1 Å². The molecule has 1 aromatic carbocycles. The number of aliphatic hydroxyl groups is 1. The van der Waals surface area contributed by atoms with Gasteiger partial charge in [-0.05, 0) is 12.0 Å². The standard InChI is InChI=1S/C16H20F3N5O/c17-16(18,19)15-22-21-14-10-23(6-7-24(14)15)9-13(25)12(20)8-11-4-2-1-3-5-11/h1-5,12-13,25H,6-10,20H2/t12-,13+/m1/s1. The lowest BCUT2D eigenvalue weighted by Crippen LogP contribution is -2.46. The van der Waals surface area contributed by atoms with Gasteiger partial charge in [-0.3, -0.25) is 4.90 Å². The molecule has 3 rings (SSSR count). The Bertz CT molecular complexity index is 704. The summed E-state index contributed by atoms with van der Waals surface area (Å²) >= 11 is 0. The molecule has 9 heteroatoms. The predicted octanol–water partition coefficient (Wildman–Crippen LogP) is 1.04. The molecule has 0 spiro atoms. The first-order valence-electron chi connectivity index (χ1n) is 8.04. The van der Waals surface area contributed by atoms with Gasteiger partial charge in [-0.1, -0.05) is 30.3 Å². The molecular weight excluding hydrogens is 335 g/mol. The first-order valence-corrected chi connectivity index (χ1v) is 8.04. The molecule has 2 heterocycles. The van der Waals surface area contributed by atoms with Gasteiger partial charge in [-0.2, -0.15) is 13.2 Å². The van der Waals surface area contributed by atoms with Crippen LogP contribution in [0.3, 0.4) is 0 Å². The van der Waals surface area contributed by atoms with Crippen LogP contribution < -0.4 is 5.73 Å². The Hall–Kier alpha value is -1.97. The van der Waals surface area contributed by atoms with Crippen molar-refractivity contribution in [2.75, 3.05) is 13.1 Å². The molecule has 6 nitrogen and oxygen atoms in total. The summed E-state index contributed by atoms with van der Waals surface area (Å²) in [4.78, 5) is 1.85. The molecule has 0 fully saturated rings. The Labute approximate surface area is 143 Å². The van der Waals surface area contributed by atoms with Crippen molar-refractivity contribution in [3.05, 3.63) is 47.5 Å². The number of halogens is 3. The lowest BCUT2D eigenvalue weighted by atomic mass is 10.0. The number of fused-ring (bicyclic) bond motifs is 1. The minimum atomic E-state index is -4.51. The molecule has 0 unspecified atom stereocenters. The van der Waals surface area contributed by atoms with Gasteiger partial charge in [0.1, 0.15) is 5.82 Å². The highest BCUT2D eigenvalue weighted by atomic mass is 19.4. The molecule has 25 heavy (non-hydrogen) atoms. The summed E-state index contributed by atoms with van der Waals surface area (Å²) in [6.07, 6.45) is -4.76. The lowest BCUT2D eigenvalue weighted by Gasteiger charge is -2.31. The first kappa shape index (κ1) is 17.8. The Balaban J connectivity index is 1.58. The molecule has 136 valence electrons. The molecule has 0 radical (unpaired) electrons. The van der Waals surface area contributed by atoms with Gasteiger partial charge in [-0.15, -0.1) is 10.2 Å². The quantitative estimate of drug-likeness (QED) is 0.838. The molecular formula is C16H20F3N5O. The van der Waals surface area contributed by atoms with Crippen LogP contribution in [0.1, 0.15) is 17.2 Å². The van der Waals surface area contributed by atoms with Crippen LogP contribution in [0.5, 0.6) is 0 Å². The van der Waals surface area contributed by atoms with Crippen molar-refractivity contribution in [2.45, 2.75) is 37.8 Å². The summed E-state index contributed by atoms with van der Waals surface area (Å²) in [7, 11) is 0. The number of nitrogens with two attached hydrogens (primary N) is 1. The fourth-order valence-corrected chi connectivity index (χ4v) is 3.00. The van der Waals surface area contributed by atoms with Gasteiger partial charge in [0, 0.05) is 25.7 Å². The Kier molecular flexibility index (Phi) is 5.07. The number of hydrogen-bond donors (Lipinski definition) is 2. The van der Waals surface area contributed by atoms with Gasteiger partial charge >= 0.3 is 6.18 Å². The maximum Gasteiger partial charge on any atom is 0.451 e. The van der Waals surface area contributed by atoms with Crippen molar-refractivity contribution in [3.8, 4) is 0 Å². The Morgan fingerprint density at radius 1 is 1.16 bits per heavy atom. The van der Waals surface area contributed by atoms with Crippen molar-refractivity contribution < 1.29 is 18.3 Å². The van der Waals surface area contributed by atoms with Gasteiger partial charge in [-0.25, -0.2) is 0 Å². The second kappa shape index (κ2) is 7.11. The molecule has 0 amide bonds. The van der Waals surface area contributed by atoms with Crippen LogP contribution in [-0.2, 0) is 25.7 Å². The first-order chi connectivity index (χ1) is 11.8. The summed E-state index contributed by atoms with van der Waals surface area (Å²) in [5, 5.41) is 17.2. The number of rotatable bonds is 5. The third-order valence-electron chi connectivity index (χ3n) is 4.34. The van der Waals surface area contributed by atoms with E-state index in [4.69, 9.17) is 5.73 Å². The maximum atomic E-state index is 12.8. The van der Waals surface area contributed by atoms with Gasteiger partial charge in [0.2, 0.25) is 5.82 Å². The average molecular weight is 355 g/mol. The minimum absolute atomic E-state index is 0.137. The zero-order valence-electron chi connectivity index (χ0n) is 13.5. The van der Waals surface area contributed by atoms with E-state index in [1.165, 1.54) is 0 Å². The maximum absolute atomic E-state index is 12.8. The molecule has 0 saturated heterocycles. The number of aliphatic hydroxyl groups excluding tert-OH is 1. The number of nitrogens with zero attached hydrogens (tertiary/aromatic N) is 4. The van der Waals surface area contributed by atoms with E-state index in [1.807, 2.05) is 35.2 Å². The van der Waals surface area contributed by atoms with Crippen molar-refractivity contribution >= 4 is 0 Å². The minimum Gasteiger partial charge on any atom is -0.390 e. The molecule has 0 aliphatic carbocycles. The zero-order chi connectivity index (χ0) is 18.0. The Morgan fingerprint density at radius 3 is 2.56 bits per heavy atom. The number of alkyl halides is 3. The molecule has 3 N–H and O–H groups in total. The second-order valence-electron chi connectivity index (χ2n) is 6.25. The molecule has 2 atom stereocenters. The fraction of sp³-hybridized carbons (Fsp3) is 0.500. The van der Waals surface area contributed by atoms with Gasteiger partial charge < -0.3 is 15.4 Å². The number of benzene rings is 1. The van der Waals surface area contributed by atoms with Gasteiger partial charge in [0.05, 0.1) is 12.6 Å². The van der Waals surface area contributed by atoms with Crippen LogP contribution in [-0.4, -0.2) is 50.0 Å². The van der Waals surface area contributed by atoms with E-state index in [0.29, 0.717) is 13.0 Å². The van der Waals surface area contributed by atoms with E-state index >= 15 is 0 Å². The normalized spacial score (nSPS) is 18.0. The van der Waals surface area contributed by atoms with E-state index in [1.54, 1.807) is 0 Å². The van der Waals surface area contributed by atoms with Crippen molar-refractivity contribution in [3.63, 3.8) is 0 Å². The lowest BCUT2D eigenvalue weighted by molar-refractivity contribution is -0.148. The Morgan fingerprint density at radius 2 is 1.88 bits per heavy atom. The second-order valence-corrected chi connectivity index (χ2v) is 6.25. The van der Waals surface area contributed by atoms with E-state index in [9.17, 15) is 18.3 Å². The van der Waals surface area contributed by atoms with Gasteiger partial charge in [0.25, 0.3) is 0 Å². The highest BCUT2D eigenvalue weighted by Gasteiger charge is 2.39. The molecule has 2 aromatic rings. The molecule has 0 saturated carbocycles. The van der Waals surface area contributed by atoms with Crippen LogP contribution >= 0.6 is 0 Å². The molecule has 1 aromatic heterocycles. The SMILES string of the molecule is N[C@H](Cc1ccccc1)[C@@H](O)CN1CCn2c(nnc2C(F)(F)F)C1. The summed E-state index contributed by atoms with van der Waals surface area (Å²) in [6, 6.07) is 9.15. The van der Waals surface area contributed by atoms with Crippen molar-refractivity contribution in [1.82, 2.24) is 19.7 Å². The summed E-state index contributed by atoms with van der Waals surface area (Å²) in [5.41, 5.74) is 7.09. The highest BCUT2D eigenvalue weighted by Crippen LogP contribution is 2.29. The highest BCUT2D eigenvalue weighted by molar-refractivity contribution is 5.16. The zero-order valence-corrected chi connectivity index (χ0v) is 13.5.